The lowest BCUT2D eigenvalue weighted by Gasteiger charge is -2.29. The predicted octanol–water partition coefficient (Wildman–Crippen LogP) is 2.94. The molecule has 0 saturated carbocycles. The minimum Gasteiger partial charge on any atom is -0.508 e. The van der Waals surface area contributed by atoms with Crippen LogP contribution in [0.2, 0.25) is 0 Å². The van der Waals surface area contributed by atoms with E-state index in [2.05, 4.69) is 21.5 Å². The van der Waals surface area contributed by atoms with Gasteiger partial charge < -0.3 is 10.0 Å². The number of phenolic OH excluding ortho intramolecular Hbond substituents is 1. The normalized spacial score (nSPS) is 19.3. The first-order chi connectivity index (χ1) is 11.2. The van der Waals surface area contributed by atoms with E-state index in [0.717, 1.165) is 42.2 Å². The summed E-state index contributed by atoms with van der Waals surface area (Å²) in [4.78, 5) is 11.8. The molecule has 0 aliphatic carbocycles. The summed E-state index contributed by atoms with van der Waals surface area (Å²) in [5, 5.41) is 9.86. The lowest BCUT2D eigenvalue weighted by Crippen LogP contribution is -2.32. The molecule has 3 aromatic rings. The van der Waals surface area contributed by atoms with Gasteiger partial charge in [-0.1, -0.05) is 6.07 Å². The van der Waals surface area contributed by atoms with Gasteiger partial charge in [0.1, 0.15) is 17.1 Å². The first-order valence-corrected chi connectivity index (χ1v) is 8.03. The van der Waals surface area contributed by atoms with Crippen molar-refractivity contribution in [3.8, 4) is 11.4 Å². The van der Waals surface area contributed by atoms with Gasteiger partial charge in [0.25, 0.3) is 0 Å². The zero-order chi connectivity index (χ0) is 15.8. The van der Waals surface area contributed by atoms with Gasteiger partial charge in [-0.3, -0.25) is 4.57 Å². The van der Waals surface area contributed by atoms with E-state index in [4.69, 9.17) is 4.98 Å². The Bertz CT molecular complexity index is 842. The van der Waals surface area contributed by atoms with E-state index < -0.39 is 0 Å². The van der Waals surface area contributed by atoms with E-state index in [1.165, 1.54) is 6.42 Å². The Balaban J connectivity index is 1.91. The maximum absolute atomic E-state index is 9.86. The molecule has 1 aromatic carbocycles. The predicted molar refractivity (Wildman–Crippen MR) is 90.0 cm³/mol. The lowest BCUT2D eigenvalue weighted by molar-refractivity contribution is 0.245. The quantitative estimate of drug-likeness (QED) is 0.791. The molecular weight excluding hydrogens is 288 g/mol. The van der Waals surface area contributed by atoms with Crippen LogP contribution in [0, 0.1) is 0 Å². The number of likely N-dealkylation sites (tertiary alicyclic amines) is 1. The zero-order valence-corrected chi connectivity index (χ0v) is 13.2. The molecule has 1 fully saturated rings. The molecule has 1 atom stereocenters. The zero-order valence-electron chi connectivity index (χ0n) is 13.2. The highest BCUT2D eigenvalue weighted by molar-refractivity contribution is 5.74. The molecule has 1 aliphatic rings. The van der Waals surface area contributed by atoms with Gasteiger partial charge in [-0.25, -0.2) is 9.97 Å². The Kier molecular flexibility index (Phi) is 3.50. The first kappa shape index (κ1) is 14.2. The number of piperidine rings is 1. The van der Waals surface area contributed by atoms with Gasteiger partial charge in [0.15, 0.2) is 5.65 Å². The van der Waals surface area contributed by atoms with Crippen LogP contribution in [-0.4, -0.2) is 44.7 Å². The molecule has 118 valence electrons. The number of aromatic hydroxyl groups is 1. The van der Waals surface area contributed by atoms with Crippen molar-refractivity contribution >= 4 is 11.2 Å². The Hall–Kier alpha value is -2.40. The van der Waals surface area contributed by atoms with Gasteiger partial charge in [-0.15, -0.1) is 0 Å². The molecule has 1 aliphatic heterocycles. The summed E-state index contributed by atoms with van der Waals surface area (Å²) in [7, 11) is 2.16. The van der Waals surface area contributed by atoms with Crippen molar-refractivity contribution in [2.75, 3.05) is 20.1 Å². The number of fused-ring (bicyclic) bond motifs is 1. The van der Waals surface area contributed by atoms with Crippen LogP contribution in [0.1, 0.15) is 24.6 Å². The van der Waals surface area contributed by atoms with E-state index in [0.29, 0.717) is 5.92 Å². The van der Waals surface area contributed by atoms with Crippen molar-refractivity contribution in [3.05, 3.63) is 48.4 Å². The number of imidazole rings is 1. The molecule has 0 radical (unpaired) electrons. The Morgan fingerprint density at radius 3 is 2.96 bits per heavy atom. The lowest BCUT2D eigenvalue weighted by atomic mass is 9.97. The number of nitrogens with zero attached hydrogens (tertiary/aromatic N) is 4. The standard InChI is InChI=1S/C18H20N4O/c1-21-10-4-5-13(12-21)17-20-16-8-3-9-19-18(16)22(17)14-6-2-7-15(23)11-14/h2-3,6-9,11,13,23H,4-5,10,12H2,1H3. The monoisotopic (exact) mass is 308 g/mol. The maximum atomic E-state index is 9.86. The summed E-state index contributed by atoms with van der Waals surface area (Å²) >= 11 is 0. The number of pyridine rings is 1. The summed E-state index contributed by atoms with van der Waals surface area (Å²) < 4.78 is 2.10. The van der Waals surface area contributed by atoms with E-state index in [1.54, 1.807) is 18.3 Å². The van der Waals surface area contributed by atoms with E-state index in [9.17, 15) is 5.11 Å². The average molecular weight is 308 g/mol. The maximum Gasteiger partial charge on any atom is 0.164 e. The second kappa shape index (κ2) is 5.66. The second-order valence-corrected chi connectivity index (χ2v) is 6.27. The number of rotatable bonds is 2. The molecule has 2 aromatic heterocycles. The molecule has 5 heteroatoms. The Morgan fingerprint density at radius 1 is 1.22 bits per heavy atom. The second-order valence-electron chi connectivity index (χ2n) is 6.27. The number of aromatic nitrogens is 3. The van der Waals surface area contributed by atoms with Crippen LogP contribution in [-0.2, 0) is 0 Å². The minimum absolute atomic E-state index is 0.256. The van der Waals surface area contributed by atoms with Crippen molar-refractivity contribution in [1.82, 2.24) is 19.4 Å². The molecular formula is C18H20N4O. The minimum atomic E-state index is 0.256. The fourth-order valence-electron chi connectivity index (χ4n) is 3.47. The van der Waals surface area contributed by atoms with Crippen LogP contribution in [0.15, 0.2) is 42.6 Å². The van der Waals surface area contributed by atoms with Crippen LogP contribution in [0.4, 0.5) is 0 Å². The van der Waals surface area contributed by atoms with Crippen molar-refractivity contribution in [2.24, 2.45) is 0 Å². The summed E-state index contributed by atoms with van der Waals surface area (Å²) in [5.74, 6) is 1.67. The molecule has 0 spiro atoms. The molecule has 1 unspecified atom stereocenters. The average Bonchev–Trinajstić information content (AvgIpc) is 2.94. The molecule has 3 heterocycles. The number of likely N-dealkylation sites (N-methyl/N-ethyl adjacent to an activating group) is 1. The highest BCUT2D eigenvalue weighted by Gasteiger charge is 2.25. The van der Waals surface area contributed by atoms with Gasteiger partial charge in [-0.05, 0) is 50.7 Å². The smallest absolute Gasteiger partial charge is 0.164 e. The van der Waals surface area contributed by atoms with Crippen LogP contribution in [0.5, 0.6) is 5.75 Å². The molecule has 5 nitrogen and oxygen atoms in total. The number of hydrogen-bond acceptors (Lipinski definition) is 4. The molecule has 4 rings (SSSR count). The Morgan fingerprint density at radius 2 is 2.13 bits per heavy atom. The summed E-state index contributed by atoms with van der Waals surface area (Å²) in [6.07, 6.45) is 4.10. The van der Waals surface area contributed by atoms with Crippen LogP contribution < -0.4 is 0 Å². The fraction of sp³-hybridized carbons (Fsp3) is 0.333. The van der Waals surface area contributed by atoms with E-state index >= 15 is 0 Å². The molecule has 0 amide bonds. The van der Waals surface area contributed by atoms with Crippen LogP contribution in [0.3, 0.4) is 0 Å². The van der Waals surface area contributed by atoms with E-state index in [1.807, 2.05) is 24.3 Å². The SMILES string of the molecule is CN1CCCC(c2nc3cccnc3n2-c2cccc(O)c2)C1. The third kappa shape index (κ3) is 2.57. The summed E-state index contributed by atoms with van der Waals surface area (Å²) in [6, 6.07) is 11.2. The fourth-order valence-corrected chi connectivity index (χ4v) is 3.47. The third-order valence-corrected chi connectivity index (χ3v) is 4.52. The van der Waals surface area contributed by atoms with Crippen molar-refractivity contribution in [1.29, 1.82) is 0 Å². The van der Waals surface area contributed by atoms with Gasteiger partial charge in [-0.2, -0.15) is 0 Å². The third-order valence-electron chi connectivity index (χ3n) is 4.52. The topological polar surface area (TPSA) is 54.2 Å². The van der Waals surface area contributed by atoms with Gasteiger partial charge in [0, 0.05) is 24.7 Å². The summed E-state index contributed by atoms with van der Waals surface area (Å²) in [6.45, 7) is 2.14. The van der Waals surface area contributed by atoms with Crippen LogP contribution >= 0.6 is 0 Å². The highest BCUT2D eigenvalue weighted by atomic mass is 16.3. The molecule has 1 N–H and O–H groups in total. The largest absolute Gasteiger partial charge is 0.508 e. The van der Waals surface area contributed by atoms with Crippen molar-refractivity contribution in [3.63, 3.8) is 0 Å². The number of hydrogen-bond donors (Lipinski definition) is 1. The van der Waals surface area contributed by atoms with Gasteiger partial charge in [0.05, 0.1) is 5.69 Å². The van der Waals surface area contributed by atoms with Crippen LogP contribution in [0.25, 0.3) is 16.9 Å². The van der Waals surface area contributed by atoms with Crippen molar-refractivity contribution in [2.45, 2.75) is 18.8 Å². The van der Waals surface area contributed by atoms with E-state index in [-0.39, 0.29) is 5.75 Å². The van der Waals surface area contributed by atoms with Crippen molar-refractivity contribution < 1.29 is 5.11 Å². The number of phenols is 1. The molecule has 0 bridgehead atoms. The molecule has 23 heavy (non-hydrogen) atoms. The Labute approximate surface area is 135 Å². The van der Waals surface area contributed by atoms with Gasteiger partial charge >= 0.3 is 0 Å². The highest BCUT2D eigenvalue weighted by Crippen LogP contribution is 2.31. The van der Waals surface area contributed by atoms with Gasteiger partial charge in [0.2, 0.25) is 0 Å². The molecule has 1 saturated heterocycles. The number of benzene rings is 1. The summed E-state index contributed by atoms with van der Waals surface area (Å²) in [5.41, 5.74) is 2.66. The first-order valence-electron chi connectivity index (χ1n) is 8.03.